The van der Waals surface area contributed by atoms with E-state index < -0.39 is 97.5 Å². The molecule has 19 heteroatoms. The summed E-state index contributed by atoms with van der Waals surface area (Å²) in [4.78, 5) is 72.5. The van der Waals surface area contributed by atoms with E-state index in [-0.39, 0.29) is 25.7 Å². The maximum Gasteiger partial charge on any atom is 0.472 e. The highest BCUT2D eigenvalue weighted by Gasteiger charge is 2.30. The minimum absolute atomic E-state index is 0.104. The number of hydrogen-bond donors (Lipinski definition) is 3. The monoisotopic (exact) mass is 1310 g/mol. The molecule has 0 saturated carbocycles. The van der Waals surface area contributed by atoms with Crippen molar-refractivity contribution >= 4 is 39.5 Å². The molecule has 17 nitrogen and oxygen atoms in total. The molecule has 0 aliphatic carbocycles. The summed E-state index contributed by atoms with van der Waals surface area (Å²) in [7, 11) is -9.90. The van der Waals surface area contributed by atoms with Crippen molar-refractivity contribution in [2.45, 2.75) is 363 Å². The van der Waals surface area contributed by atoms with Crippen molar-refractivity contribution in [2.75, 3.05) is 39.6 Å². The third-order valence-electron chi connectivity index (χ3n) is 16.4. The Bertz CT molecular complexity index is 1770. The van der Waals surface area contributed by atoms with Gasteiger partial charge in [0.25, 0.3) is 0 Å². The molecule has 3 N–H and O–H groups in total. The van der Waals surface area contributed by atoms with E-state index >= 15 is 0 Å². The summed E-state index contributed by atoms with van der Waals surface area (Å²) >= 11 is 0. The molecule has 0 aliphatic heterocycles. The first kappa shape index (κ1) is 87.1. The van der Waals surface area contributed by atoms with Crippen LogP contribution < -0.4 is 0 Å². The lowest BCUT2D eigenvalue weighted by Crippen LogP contribution is -2.30. The van der Waals surface area contributed by atoms with Crippen LogP contribution >= 0.6 is 15.6 Å². The fourth-order valence-electron chi connectivity index (χ4n) is 10.5. The molecule has 0 heterocycles. The Morgan fingerprint density at radius 2 is 0.539 bits per heavy atom. The normalized spacial score (nSPS) is 14.6. The van der Waals surface area contributed by atoms with Gasteiger partial charge < -0.3 is 33.8 Å². The van der Waals surface area contributed by atoms with Gasteiger partial charge >= 0.3 is 39.5 Å². The summed E-state index contributed by atoms with van der Waals surface area (Å²) in [6, 6.07) is 0. The summed E-state index contributed by atoms with van der Waals surface area (Å²) in [5.41, 5.74) is 0. The number of carbonyl (C=O) groups is 4. The molecule has 0 saturated heterocycles. The minimum Gasteiger partial charge on any atom is -0.462 e. The zero-order valence-corrected chi connectivity index (χ0v) is 59.8. The van der Waals surface area contributed by atoms with Crippen LogP contribution in [0, 0.1) is 23.7 Å². The molecule has 528 valence electrons. The highest BCUT2D eigenvalue weighted by atomic mass is 31.2. The summed E-state index contributed by atoms with van der Waals surface area (Å²) in [5, 5.41) is 10.6. The predicted octanol–water partition coefficient (Wildman–Crippen LogP) is 19.7. The molecule has 0 fully saturated rings. The Morgan fingerprint density at radius 3 is 0.798 bits per heavy atom. The van der Waals surface area contributed by atoms with E-state index in [0.29, 0.717) is 25.7 Å². The number of aliphatic hydroxyl groups excluding tert-OH is 1. The molecule has 0 spiro atoms. The van der Waals surface area contributed by atoms with Gasteiger partial charge in [-0.15, -0.1) is 0 Å². The first-order valence-corrected chi connectivity index (χ1v) is 39.2. The number of phosphoric acid groups is 2. The maximum absolute atomic E-state index is 13.0. The third kappa shape index (κ3) is 63.2. The molecule has 0 rings (SSSR count). The number of phosphoric ester groups is 2. The van der Waals surface area contributed by atoms with E-state index in [1.165, 1.54) is 141 Å². The molecule has 0 aromatic rings. The maximum atomic E-state index is 13.0. The van der Waals surface area contributed by atoms with E-state index in [2.05, 4.69) is 55.4 Å². The highest BCUT2D eigenvalue weighted by Crippen LogP contribution is 2.45. The first-order valence-electron chi connectivity index (χ1n) is 36.2. The van der Waals surface area contributed by atoms with Crippen LogP contribution in [0.15, 0.2) is 0 Å². The fourth-order valence-corrected chi connectivity index (χ4v) is 12.0. The molecule has 3 unspecified atom stereocenters. The number of hydrogen-bond acceptors (Lipinski definition) is 15. The number of carbonyl (C=O) groups excluding carboxylic acids is 4. The fraction of sp³-hybridized carbons (Fsp3) is 0.943. The van der Waals surface area contributed by atoms with Crippen molar-refractivity contribution in [3.8, 4) is 0 Å². The second-order valence-electron chi connectivity index (χ2n) is 26.9. The van der Waals surface area contributed by atoms with Gasteiger partial charge in [0, 0.05) is 25.7 Å². The lowest BCUT2D eigenvalue weighted by Gasteiger charge is -2.21. The Hall–Kier alpha value is -1.94. The minimum atomic E-state index is -4.95. The number of esters is 4. The molecular formula is C70H136O17P2. The standard InChI is InChI=1S/C70H136O17P2/c1-9-63(8)49-41-33-28-29-35-43-51-68(73)81-57-66(87-70(75)53-45-37-27-19-15-17-23-31-39-47-61(4)5)59-85-89(78,79)83-55-64(71)54-82-88(76,77)84-58-65(56-80-67(72)50-42-34-25-21-20-24-32-40-48-62(6)7)86-69(74)52-44-36-26-18-14-12-10-11-13-16-22-30-38-46-60(2)3/h60-66,71H,9-59H2,1-8H3,(H,76,77)(H,78,79)/t63?,64-,65-,66-/m1/s1. The van der Waals surface area contributed by atoms with E-state index in [1.807, 2.05) is 0 Å². The zero-order chi connectivity index (χ0) is 66.1. The van der Waals surface area contributed by atoms with Crippen molar-refractivity contribution in [2.24, 2.45) is 23.7 Å². The van der Waals surface area contributed by atoms with Gasteiger partial charge in [-0.25, -0.2) is 9.13 Å². The van der Waals surface area contributed by atoms with Crippen LogP contribution in [0.5, 0.6) is 0 Å². The number of aliphatic hydroxyl groups is 1. The van der Waals surface area contributed by atoms with Crippen molar-refractivity contribution in [1.29, 1.82) is 0 Å². The van der Waals surface area contributed by atoms with Crippen LogP contribution in [0.25, 0.3) is 0 Å². The van der Waals surface area contributed by atoms with Crippen LogP contribution in [-0.4, -0.2) is 96.7 Å². The average molecular weight is 1310 g/mol. The molecule has 0 radical (unpaired) electrons. The third-order valence-corrected chi connectivity index (χ3v) is 18.3. The Balaban J connectivity index is 5.25. The SMILES string of the molecule is CCC(C)CCCCCCCCC(=O)OC[C@H](COP(=O)(O)OC[C@H](O)COP(=O)(O)OC[C@@H](COC(=O)CCCCCCCCCCC(C)C)OC(=O)CCCCCCCCCCCCCCCC(C)C)OC(=O)CCCCCCCCCCCC(C)C. The van der Waals surface area contributed by atoms with Crippen molar-refractivity contribution in [3.63, 3.8) is 0 Å². The first-order chi connectivity index (χ1) is 42.6. The van der Waals surface area contributed by atoms with E-state index in [0.717, 1.165) is 120 Å². The molecule has 0 aliphatic rings. The smallest absolute Gasteiger partial charge is 0.462 e. The summed E-state index contributed by atoms with van der Waals surface area (Å²) in [6.07, 6.45) is 41.7. The lowest BCUT2D eigenvalue weighted by molar-refractivity contribution is -0.161. The number of rotatable bonds is 67. The predicted molar refractivity (Wildman–Crippen MR) is 358 cm³/mol. The van der Waals surface area contributed by atoms with Crippen molar-refractivity contribution in [3.05, 3.63) is 0 Å². The summed E-state index contributed by atoms with van der Waals surface area (Å²) in [6.45, 7) is 14.1. The van der Waals surface area contributed by atoms with Crippen LogP contribution in [0.4, 0.5) is 0 Å². The van der Waals surface area contributed by atoms with Gasteiger partial charge in [-0.2, -0.15) is 0 Å². The highest BCUT2D eigenvalue weighted by molar-refractivity contribution is 7.47. The number of ether oxygens (including phenoxy) is 4. The zero-order valence-electron chi connectivity index (χ0n) is 58.1. The Morgan fingerprint density at radius 1 is 0.315 bits per heavy atom. The quantitative estimate of drug-likeness (QED) is 0.0222. The van der Waals surface area contributed by atoms with Crippen LogP contribution in [0.2, 0.25) is 0 Å². The molecule has 6 atom stereocenters. The Kier molecular flexibility index (Phi) is 58.5. The Labute approximate surface area is 543 Å². The molecule has 0 amide bonds. The van der Waals surface area contributed by atoms with Gasteiger partial charge in [0.15, 0.2) is 12.2 Å². The largest absolute Gasteiger partial charge is 0.472 e. The van der Waals surface area contributed by atoms with Crippen LogP contribution in [0.3, 0.4) is 0 Å². The van der Waals surface area contributed by atoms with Gasteiger partial charge in [-0.1, -0.05) is 293 Å². The molecule has 0 aromatic heterocycles. The summed E-state index contributed by atoms with van der Waals surface area (Å²) in [5.74, 6) is 0.849. The van der Waals surface area contributed by atoms with Gasteiger partial charge in [0.1, 0.15) is 19.3 Å². The van der Waals surface area contributed by atoms with Crippen molar-refractivity contribution in [1.82, 2.24) is 0 Å². The molecule has 0 aromatic carbocycles. The number of unbranched alkanes of at least 4 members (excludes halogenated alkanes) is 32. The second-order valence-corrected chi connectivity index (χ2v) is 29.8. The van der Waals surface area contributed by atoms with Crippen LogP contribution in [0.1, 0.15) is 344 Å². The van der Waals surface area contributed by atoms with Crippen molar-refractivity contribution < 1.29 is 80.2 Å². The van der Waals surface area contributed by atoms with Gasteiger partial charge in [-0.3, -0.25) is 37.3 Å². The van der Waals surface area contributed by atoms with E-state index in [1.54, 1.807) is 0 Å². The topological polar surface area (TPSA) is 237 Å². The summed E-state index contributed by atoms with van der Waals surface area (Å²) < 4.78 is 68.3. The van der Waals surface area contributed by atoms with E-state index in [9.17, 15) is 43.2 Å². The van der Waals surface area contributed by atoms with Gasteiger partial charge in [-0.05, 0) is 49.4 Å². The van der Waals surface area contributed by atoms with Crippen LogP contribution in [-0.2, 0) is 65.4 Å². The van der Waals surface area contributed by atoms with Gasteiger partial charge in [0.05, 0.1) is 26.4 Å². The van der Waals surface area contributed by atoms with Gasteiger partial charge in [0.2, 0.25) is 0 Å². The van der Waals surface area contributed by atoms with E-state index in [4.69, 9.17) is 37.0 Å². The molecular weight excluding hydrogens is 1170 g/mol. The molecule has 0 bridgehead atoms. The average Bonchev–Trinajstić information content (AvgIpc) is 3.66. The lowest BCUT2D eigenvalue weighted by atomic mass is 10.00. The molecule has 89 heavy (non-hydrogen) atoms. The second kappa shape index (κ2) is 59.8.